The fraction of sp³-hybridized carbons (Fsp3) is 0.800. The Morgan fingerprint density at radius 3 is 2.33 bits per heavy atom. The molecular formula is C5H10FNO2. The summed E-state index contributed by atoms with van der Waals surface area (Å²) in [7, 11) is 3.24. The first kappa shape index (κ1) is 8.36. The predicted molar refractivity (Wildman–Crippen MR) is 31.1 cm³/mol. The lowest BCUT2D eigenvalue weighted by Gasteiger charge is -2.09. The molecule has 0 heterocycles. The summed E-state index contributed by atoms with van der Waals surface area (Å²) in [6.07, 6.45) is -1.76. The maximum Gasteiger partial charge on any atom is 0.339 e. The second kappa shape index (κ2) is 3.40. The minimum Gasteiger partial charge on any atom is -0.479 e. The highest BCUT2D eigenvalue weighted by Crippen LogP contribution is 1.91. The van der Waals surface area contributed by atoms with Gasteiger partial charge in [-0.2, -0.15) is 0 Å². The molecule has 54 valence electrons. The normalized spacial score (nSPS) is 13.8. The van der Waals surface area contributed by atoms with E-state index in [2.05, 4.69) is 0 Å². The Hall–Kier alpha value is -0.640. The number of aliphatic carboxylic acids is 1. The van der Waals surface area contributed by atoms with Gasteiger partial charge in [0.15, 0.2) is 0 Å². The SMILES string of the molecule is CN(C)CC(F)C(=O)O. The van der Waals surface area contributed by atoms with Crippen molar-refractivity contribution < 1.29 is 14.3 Å². The van der Waals surface area contributed by atoms with E-state index in [0.29, 0.717) is 0 Å². The van der Waals surface area contributed by atoms with Crippen molar-refractivity contribution in [1.82, 2.24) is 4.90 Å². The monoisotopic (exact) mass is 135 g/mol. The lowest BCUT2D eigenvalue weighted by atomic mass is 10.4. The Kier molecular flexibility index (Phi) is 3.16. The molecule has 0 aromatic rings. The number of halogens is 1. The Morgan fingerprint density at radius 2 is 2.22 bits per heavy atom. The summed E-state index contributed by atoms with van der Waals surface area (Å²) in [4.78, 5) is 11.3. The molecule has 0 radical (unpaired) electrons. The van der Waals surface area contributed by atoms with Crippen LogP contribution in [-0.4, -0.2) is 42.8 Å². The summed E-state index contributed by atoms with van der Waals surface area (Å²) in [6, 6.07) is 0. The summed E-state index contributed by atoms with van der Waals surface area (Å²) in [5.41, 5.74) is 0. The highest BCUT2D eigenvalue weighted by Gasteiger charge is 2.15. The van der Waals surface area contributed by atoms with E-state index in [-0.39, 0.29) is 6.54 Å². The largest absolute Gasteiger partial charge is 0.479 e. The van der Waals surface area contributed by atoms with Crippen molar-refractivity contribution >= 4 is 5.97 Å². The Morgan fingerprint density at radius 1 is 1.78 bits per heavy atom. The van der Waals surface area contributed by atoms with Crippen LogP contribution in [0.4, 0.5) is 4.39 Å². The number of hydrogen-bond acceptors (Lipinski definition) is 2. The molecule has 0 saturated carbocycles. The van der Waals surface area contributed by atoms with Crippen molar-refractivity contribution in [2.24, 2.45) is 0 Å². The van der Waals surface area contributed by atoms with Crippen LogP contribution >= 0.6 is 0 Å². The molecule has 3 nitrogen and oxygen atoms in total. The van der Waals surface area contributed by atoms with Crippen LogP contribution < -0.4 is 0 Å². The van der Waals surface area contributed by atoms with Gasteiger partial charge in [0.05, 0.1) is 0 Å². The molecule has 1 unspecified atom stereocenters. The molecule has 0 bridgehead atoms. The van der Waals surface area contributed by atoms with E-state index in [1.165, 1.54) is 4.90 Å². The Balaban J connectivity index is 3.50. The van der Waals surface area contributed by atoms with Crippen molar-refractivity contribution in [3.8, 4) is 0 Å². The van der Waals surface area contributed by atoms with Crippen LogP contribution in [0.2, 0.25) is 0 Å². The highest BCUT2D eigenvalue weighted by atomic mass is 19.1. The van der Waals surface area contributed by atoms with Crippen LogP contribution in [0, 0.1) is 0 Å². The summed E-state index contributed by atoms with van der Waals surface area (Å²) in [6.45, 7) is -0.0602. The maximum atomic E-state index is 12.1. The molecule has 0 saturated heterocycles. The molecule has 0 aromatic heterocycles. The zero-order valence-corrected chi connectivity index (χ0v) is 5.47. The van der Waals surface area contributed by atoms with Crippen molar-refractivity contribution in [2.45, 2.75) is 6.17 Å². The topological polar surface area (TPSA) is 40.5 Å². The van der Waals surface area contributed by atoms with E-state index < -0.39 is 12.1 Å². The molecule has 0 spiro atoms. The van der Waals surface area contributed by atoms with Crippen LogP contribution in [0.25, 0.3) is 0 Å². The van der Waals surface area contributed by atoms with Crippen LogP contribution in [0.1, 0.15) is 0 Å². The molecule has 0 fully saturated rings. The maximum absolute atomic E-state index is 12.1. The summed E-state index contributed by atoms with van der Waals surface area (Å²) in [5.74, 6) is -1.40. The molecule has 0 amide bonds. The number of hydrogen-bond donors (Lipinski definition) is 1. The van der Waals surface area contributed by atoms with Gasteiger partial charge in [0.2, 0.25) is 6.17 Å². The standard InChI is InChI=1S/C5H10FNO2/c1-7(2)3-4(6)5(8)9/h4H,3H2,1-2H3,(H,8,9). The first-order valence-corrected chi connectivity index (χ1v) is 2.55. The van der Waals surface area contributed by atoms with Gasteiger partial charge < -0.3 is 10.0 Å². The van der Waals surface area contributed by atoms with Gasteiger partial charge in [0, 0.05) is 6.54 Å². The van der Waals surface area contributed by atoms with Gasteiger partial charge in [-0.25, -0.2) is 9.18 Å². The van der Waals surface area contributed by atoms with Crippen LogP contribution in [0.5, 0.6) is 0 Å². The minimum absolute atomic E-state index is 0.0602. The van der Waals surface area contributed by atoms with Crippen LogP contribution in [0.15, 0.2) is 0 Å². The minimum atomic E-state index is -1.76. The Bertz CT molecular complexity index is 105. The third-order valence-corrected chi connectivity index (χ3v) is 0.793. The van der Waals surface area contributed by atoms with Gasteiger partial charge in [0.25, 0.3) is 0 Å². The number of nitrogens with zero attached hydrogens (tertiary/aromatic N) is 1. The summed E-state index contributed by atoms with van der Waals surface area (Å²) >= 11 is 0. The first-order chi connectivity index (χ1) is 4.04. The average molecular weight is 135 g/mol. The van der Waals surface area contributed by atoms with Crippen molar-refractivity contribution in [2.75, 3.05) is 20.6 Å². The van der Waals surface area contributed by atoms with Gasteiger partial charge in [0.1, 0.15) is 0 Å². The van der Waals surface area contributed by atoms with Gasteiger partial charge in [-0.05, 0) is 14.1 Å². The van der Waals surface area contributed by atoms with Crippen molar-refractivity contribution in [1.29, 1.82) is 0 Å². The lowest BCUT2D eigenvalue weighted by Crippen LogP contribution is -2.28. The first-order valence-electron chi connectivity index (χ1n) is 2.55. The molecular weight excluding hydrogens is 125 g/mol. The molecule has 0 rings (SSSR count). The number of rotatable bonds is 3. The van der Waals surface area contributed by atoms with E-state index in [0.717, 1.165) is 0 Å². The summed E-state index contributed by atoms with van der Waals surface area (Å²) in [5, 5.41) is 8.03. The fourth-order valence-electron chi connectivity index (χ4n) is 0.399. The van der Waals surface area contributed by atoms with Crippen LogP contribution in [-0.2, 0) is 4.79 Å². The van der Waals surface area contributed by atoms with Gasteiger partial charge in [-0.1, -0.05) is 0 Å². The van der Waals surface area contributed by atoms with Crippen LogP contribution in [0.3, 0.4) is 0 Å². The van der Waals surface area contributed by atoms with E-state index >= 15 is 0 Å². The third-order valence-electron chi connectivity index (χ3n) is 0.793. The van der Waals surface area contributed by atoms with Crippen molar-refractivity contribution in [3.05, 3.63) is 0 Å². The molecule has 9 heavy (non-hydrogen) atoms. The van der Waals surface area contributed by atoms with E-state index in [1.54, 1.807) is 14.1 Å². The fourth-order valence-corrected chi connectivity index (χ4v) is 0.399. The molecule has 1 atom stereocenters. The summed E-state index contributed by atoms with van der Waals surface area (Å²) < 4.78 is 12.1. The van der Waals surface area contributed by atoms with E-state index in [4.69, 9.17) is 5.11 Å². The van der Waals surface area contributed by atoms with Crippen molar-refractivity contribution in [3.63, 3.8) is 0 Å². The molecule has 0 aromatic carbocycles. The molecule has 1 N–H and O–H groups in total. The second-order valence-electron chi connectivity index (χ2n) is 2.07. The number of carboxylic acids is 1. The van der Waals surface area contributed by atoms with Gasteiger partial charge in [-0.15, -0.1) is 0 Å². The van der Waals surface area contributed by atoms with Gasteiger partial charge >= 0.3 is 5.97 Å². The molecule has 4 heteroatoms. The number of carbonyl (C=O) groups is 1. The zero-order chi connectivity index (χ0) is 7.44. The quantitative estimate of drug-likeness (QED) is 0.590. The zero-order valence-electron chi connectivity index (χ0n) is 5.47. The number of alkyl halides is 1. The van der Waals surface area contributed by atoms with E-state index in [1.807, 2.05) is 0 Å². The highest BCUT2D eigenvalue weighted by molar-refractivity contribution is 5.72. The number of carboxylic acid groups (broad SMARTS) is 1. The third kappa shape index (κ3) is 3.90. The molecule has 0 aliphatic heterocycles. The molecule has 0 aliphatic rings. The lowest BCUT2D eigenvalue weighted by molar-refractivity contribution is -0.143. The van der Waals surface area contributed by atoms with E-state index in [9.17, 15) is 9.18 Å². The Labute approximate surface area is 53.1 Å². The molecule has 0 aliphatic carbocycles. The average Bonchev–Trinajstić information content (AvgIpc) is 1.63. The predicted octanol–water partition coefficient (Wildman–Crippen LogP) is -0.0293. The second-order valence-corrected chi connectivity index (χ2v) is 2.07. The van der Waals surface area contributed by atoms with Gasteiger partial charge in [-0.3, -0.25) is 0 Å². The smallest absolute Gasteiger partial charge is 0.339 e.